The lowest BCUT2D eigenvalue weighted by atomic mass is 10.1. The van der Waals surface area contributed by atoms with Gasteiger partial charge in [-0.1, -0.05) is 115 Å². The number of benzene rings is 1. The molecular formula is C27H46N2. The maximum Gasteiger partial charge on any atom is 0.101 e. The van der Waals surface area contributed by atoms with E-state index in [1.165, 1.54) is 102 Å². The van der Waals surface area contributed by atoms with Crippen LogP contribution in [-0.2, 0) is 6.54 Å². The molecule has 0 aromatic heterocycles. The molecule has 0 saturated carbocycles. The van der Waals surface area contributed by atoms with Crippen LogP contribution < -0.4 is 0 Å². The highest BCUT2D eigenvalue weighted by Crippen LogP contribution is 2.24. The van der Waals surface area contributed by atoms with Gasteiger partial charge in [-0.25, -0.2) is 0 Å². The standard InChI is InChI=1S/C27H46N2/c1-3-5-7-8-9-10-11-12-13-18-22-28-23-24-29(27(28)21-15-6-4-2)25-26-19-16-14-17-20-26/h14,16-17,19-20,23-24,27H,3-13,15,18,21-22,25H2,1-2H3. The van der Waals surface area contributed by atoms with Crippen LogP contribution in [0.4, 0.5) is 0 Å². The van der Waals surface area contributed by atoms with Crippen molar-refractivity contribution >= 4 is 0 Å². The predicted molar refractivity (Wildman–Crippen MR) is 128 cm³/mol. The first-order chi connectivity index (χ1) is 14.3. The molecule has 1 aliphatic rings. The van der Waals surface area contributed by atoms with Crippen molar-refractivity contribution in [2.45, 2.75) is 116 Å². The molecule has 29 heavy (non-hydrogen) atoms. The summed E-state index contributed by atoms with van der Waals surface area (Å²) < 4.78 is 0. The fourth-order valence-electron chi connectivity index (χ4n) is 4.43. The Morgan fingerprint density at radius 2 is 1.17 bits per heavy atom. The zero-order chi connectivity index (χ0) is 20.6. The van der Waals surface area contributed by atoms with Crippen LogP contribution in [0.3, 0.4) is 0 Å². The van der Waals surface area contributed by atoms with Crippen molar-refractivity contribution in [1.82, 2.24) is 9.80 Å². The largest absolute Gasteiger partial charge is 0.356 e. The zero-order valence-electron chi connectivity index (χ0n) is 19.3. The van der Waals surface area contributed by atoms with Gasteiger partial charge in [0.15, 0.2) is 0 Å². The third kappa shape index (κ3) is 9.74. The van der Waals surface area contributed by atoms with Gasteiger partial charge < -0.3 is 9.80 Å². The van der Waals surface area contributed by atoms with Crippen molar-refractivity contribution in [3.05, 3.63) is 48.3 Å². The quantitative estimate of drug-likeness (QED) is 0.244. The maximum absolute atomic E-state index is 2.61. The summed E-state index contributed by atoms with van der Waals surface area (Å²) in [6.45, 7) is 6.85. The lowest BCUT2D eigenvalue weighted by molar-refractivity contribution is 0.132. The Hall–Kier alpha value is -1.44. The van der Waals surface area contributed by atoms with E-state index in [0.717, 1.165) is 6.54 Å². The summed E-state index contributed by atoms with van der Waals surface area (Å²) in [6, 6.07) is 10.9. The molecule has 0 saturated heterocycles. The van der Waals surface area contributed by atoms with Crippen molar-refractivity contribution < 1.29 is 0 Å². The number of hydrogen-bond donors (Lipinski definition) is 0. The molecule has 2 heteroatoms. The molecule has 0 spiro atoms. The Balaban J connectivity index is 1.66. The van der Waals surface area contributed by atoms with Gasteiger partial charge >= 0.3 is 0 Å². The molecule has 1 heterocycles. The van der Waals surface area contributed by atoms with E-state index in [0.29, 0.717) is 6.17 Å². The van der Waals surface area contributed by atoms with Crippen molar-refractivity contribution in [3.8, 4) is 0 Å². The Bertz CT molecular complexity index is 525. The summed E-state index contributed by atoms with van der Waals surface area (Å²) in [4.78, 5) is 5.17. The SMILES string of the molecule is CCCCCCCCCCCCN1C=CN(Cc2ccccc2)C1CCCCC. The first-order valence-electron chi connectivity index (χ1n) is 12.6. The lowest BCUT2D eigenvalue weighted by Gasteiger charge is -2.33. The Kier molecular flexibility index (Phi) is 12.7. The van der Waals surface area contributed by atoms with Gasteiger partial charge in [0.25, 0.3) is 0 Å². The first kappa shape index (κ1) is 23.8. The molecule has 2 rings (SSSR count). The van der Waals surface area contributed by atoms with E-state index in [1.54, 1.807) is 0 Å². The smallest absolute Gasteiger partial charge is 0.101 e. The molecule has 1 aromatic rings. The van der Waals surface area contributed by atoms with Gasteiger partial charge in [-0.15, -0.1) is 0 Å². The maximum atomic E-state index is 2.61. The van der Waals surface area contributed by atoms with Gasteiger partial charge in [-0.3, -0.25) is 0 Å². The highest BCUT2D eigenvalue weighted by molar-refractivity contribution is 5.15. The fourth-order valence-corrected chi connectivity index (χ4v) is 4.43. The molecule has 1 aliphatic heterocycles. The third-order valence-electron chi connectivity index (χ3n) is 6.26. The Morgan fingerprint density at radius 1 is 0.621 bits per heavy atom. The molecule has 1 aromatic carbocycles. The molecule has 0 fully saturated rings. The van der Waals surface area contributed by atoms with Crippen LogP contribution in [0, 0.1) is 0 Å². The van der Waals surface area contributed by atoms with Crippen LogP contribution in [0.2, 0.25) is 0 Å². The number of nitrogens with zero attached hydrogens (tertiary/aromatic N) is 2. The molecular weight excluding hydrogens is 352 g/mol. The van der Waals surface area contributed by atoms with E-state index in [4.69, 9.17) is 0 Å². The van der Waals surface area contributed by atoms with Crippen LogP contribution >= 0.6 is 0 Å². The summed E-state index contributed by atoms with van der Waals surface area (Å²) >= 11 is 0. The van der Waals surface area contributed by atoms with Gasteiger partial charge in [0, 0.05) is 25.5 Å². The van der Waals surface area contributed by atoms with Gasteiger partial charge in [-0.05, 0) is 24.8 Å². The monoisotopic (exact) mass is 398 g/mol. The van der Waals surface area contributed by atoms with E-state index >= 15 is 0 Å². The molecule has 1 unspecified atom stereocenters. The van der Waals surface area contributed by atoms with Crippen molar-refractivity contribution in [1.29, 1.82) is 0 Å². The molecule has 0 bridgehead atoms. The van der Waals surface area contributed by atoms with Crippen LogP contribution in [0.15, 0.2) is 42.7 Å². The van der Waals surface area contributed by atoms with E-state index in [-0.39, 0.29) is 0 Å². The summed E-state index contributed by atoms with van der Waals surface area (Å²) in [6.07, 6.45) is 24.6. The second-order valence-corrected chi connectivity index (χ2v) is 8.85. The second-order valence-electron chi connectivity index (χ2n) is 8.85. The summed E-state index contributed by atoms with van der Waals surface area (Å²) in [5.74, 6) is 0. The molecule has 2 nitrogen and oxygen atoms in total. The number of unbranched alkanes of at least 4 members (excludes halogenated alkanes) is 11. The highest BCUT2D eigenvalue weighted by atomic mass is 15.4. The van der Waals surface area contributed by atoms with E-state index in [9.17, 15) is 0 Å². The van der Waals surface area contributed by atoms with E-state index in [2.05, 4.69) is 66.4 Å². The highest BCUT2D eigenvalue weighted by Gasteiger charge is 2.25. The van der Waals surface area contributed by atoms with Crippen molar-refractivity contribution in [2.24, 2.45) is 0 Å². The van der Waals surface area contributed by atoms with Gasteiger partial charge in [0.1, 0.15) is 6.17 Å². The van der Waals surface area contributed by atoms with Crippen molar-refractivity contribution in [3.63, 3.8) is 0 Å². The van der Waals surface area contributed by atoms with Gasteiger partial charge in [0.05, 0.1) is 0 Å². The minimum absolute atomic E-state index is 0.556. The molecule has 0 amide bonds. The van der Waals surface area contributed by atoms with Crippen molar-refractivity contribution in [2.75, 3.05) is 6.54 Å². The van der Waals surface area contributed by atoms with Crippen LogP contribution in [-0.4, -0.2) is 22.5 Å². The van der Waals surface area contributed by atoms with Crippen LogP contribution in [0.5, 0.6) is 0 Å². The minimum atomic E-state index is 0.556. The van der Waals surface area contributed by atoms with Gasteiger partial charge in [-0.2, -0.15) is 0 Å². The van der Waals surface area contributed by atoms with Gasteiger partial charge in [0.2, 0.25) is 0 Å². The molecule has 164 valence electrons. The molecule has 0 N–H and O–H groups in total. The topological polar surface area (TPSA) is 6.48 Å². The fraction of sp³-hybridized carbons (Fsp3) is 0.704. The zero-order valence-corrected chi connectivity index (χ0v) is 19.3. The second kappa shape index (κ2) is 15.4. The number of rotatable bonds is 17. The summed E-state index contributed by atoms with van der Waals surface area (Å²) in [7, 11) is 0. The number of hydrogen-bond acceptors (Lipinski definition) is 2. The Morgan fingerprint density at radius 3 is 1.83 bits per heavy atom. The van der Waals surface area contributed by atoms with Crippen LogP contribution in [0.25, 0.3) is 0 Å². The molecule has 0 radical (unpaired) electrons. The third-order valence-corrected chi connectivity index (χ3v) is 6.26. The lowest BCUT2D eigenvalue weighted by Crippen LogP contribution is -2.38. The first-order valence-corrected chi connectivity index (χ1v) is 12.6. The van der Waals surface area contributed by atoms with E-state index in [1.807, 2.05) is 0 Å². The van der Waals surface area contributed by atoms with E-state index < -0.39 is 0 Å². The van der Waals surface area contributed by atoms with Crippen LogP contribution in [0.1, 0.15) is 109 Å². The normalized spacial score (nSPS) is 16.1. The molecule has 1 atom stereocenters. The average Bonchev–Trinajstić information content (AvgIpc) is 3.12. The average molecular weight is 399 g/mol. The minimum Gasteiger partial charge on any atom is -0.356 e. The predicted octanol–water partition coefficient (Wildman–Crippen LogP) is 8.10. The molecule has 0 aliphatic carbocycles. The summed E-state index contributed by atoms with van der Waals surface area (Å²) in [5.41, 5.74) is 1.42. The summed E-state index contributed by atoms with van der Waals surface area (Å²) in [5, 5.41) is 0. The Labute approximate surface area is 181 Å².